The number of amides is 1. The molecule has 1 amide bonds. The summed E-state index contributed by atoms with van der Waals surface area (Å²) in [5, 5.41) is 2.97. The van der Waals surface area contributed by atoms with E-state index in [1.54, 1.807) is 12.1 Å². The summed E-state index contributed by atoms with van der Waals surface area (Å²) in [6, 6.07) is 7.25. The van der Waals surface area contributed by atoms with Crippen LogP contribution in [-0.4, -0.2) is 25.1 Å². The molecular formula is C15H24N2O2. The SMILES string of the molecule is CCCCC(CN)NC(=O)c1cccc(OCC)c1. The van der Waals surface area contributed by atoms with Crippen molar-refractivity contribution in [2.45, 2.75) is 39.2 Å². The average molecular weight is 264 g/mol. The zero-order chi connectivity index (χ0) is 14.1. The van der Waals surface area contributed by atoms with E-state index in [1.807, 2.05) is 19.1 Å². The Morgan fingerprint density at radius 3 is 2.84 bits per heavy atom. The monoisotopic (exact) mass is 264 g/mol. The number of carbonyl (C=O) groups is 1. The minimum Gasteiger partial charge on any atom is -0.494 e. The number of nitrogens with two attached hydrogens (primary N) is 1. The van der Waals surface area contributed by atoms with Crippen LogP contribution in [0.3, 0.4) is 0 Å². The molecular weight excluding hydrogens is 240 g/mol. The van der Waals surface area contributed by atoms with E-state index < -0.39 is 0 Å². The molecule has 0 aliphatic carbocycles. The van der Waals surface area contributed by atoms with Gasteiger partial charge < -0.3 is 15.8 Å². The molecule has 1 atom stereocenters. The van der Waals surface area contributed by atoms with Crippen molar-refractivity contribution in [2.24, 2.45) is 5.73 Å². The largest absolute Gasteiger partial charge is 0.494 e. The number of hydrogen-bond acceptors (Lipinski definition) is 3. The van der Waals surface area contributed by atoms with Crippen LogP contribution in [0.5, 0.6) is 5.75 Å². The second-order valence-electron chi connectivity index (χ2n) is 4.51. The molecule has 0 spiro atoms. The van der Waals surface area contributed by atoms with Gasteiger partial charge in [-0.25, -0.2) is 0 Å². The molecule has 0 radical (unpaired) electrons. The van der Waals surface area contributed by atoms with Crippen LogP contribution in [0, 0.1) is 0 Å². The van der Waals surface area contributed by atoms with Gasteiger partial charge in [0.2, 0.25) is 0 Å². The van der Waals surface area contributed by atoms with Crippen LogP contribution in [0.15, 0.2) is 24.3 Å². The summed E-state index contributed by atoms with van der Waals surface area (Å²) in [5.74, 6) is 0.626. The van der Waals surface area contributed by atoms with Gasteiger partial charge in [-0.15, -0.1) is 0 Å². The highest BCUT2D eigenvalue weighted by Crippen LogP contribution is 2.13. The first-order valence-corrected chi connectivity index (χ1v) is 6.95. The zero-order valence-corrected chi connectivity index (χ0v) is 11.8. The lowest BCUT2D eigenvalue weighted by molar-refractivity contribution is 0.0935. The normalized spacial score (nSPS) is 11.9. The van der Waals surface area contributed by atoms with Crippen molar-refractivity contribution >= 4 is 5.91 Å². The van der Waals surface area contributed by atoms with Crippen LogP contribution < -0.4 is 15.8 Å². The Balaban J connectivity index is 2.63. The first kappa shape index (κ1) is 15.5. The fraction of sp³-hybridized carbons (Fsp3) is 0.533. The van der Waals surface area contributed by atoms with Gasteiger partial charge in [-0.3, -0.25) is 4.79 Å². The van der Waals surface area contributed by atoms with Gasteiger partial charge in [0.25, 0.3) is 5.91 Å². The van der Waals surface area contributed by atoms with E-state index >= 15 is 0 Å². The molecule has 4 heteroatoms. The van der Waals surface area contributed by atoms with Gasteiger partial charge in [-0.05, 0) is 31.5 Å². The van der Waals surface area contributed by atoms with Crippen molar-refractivity contribution in [3.63, 3.8) is 0 Å². The molecule has 1 rings (SSSR count). The van der Waals surface area contributed by atoms with Gasteiger partial charge in [-0.2, -0.15) is 0 Å². The van der Waals surface area contributed by atoms with E-state index in [1.165, 1.54) is 0 Å². The number of nitrogens with one attached hydrogen (secondary N) is 1. The molecule has 106 valence electrons. The molecule has 0 aliphatic rings. The third kappa shape index (κ3) is 5.30. The minimum absolute atomic E-state index is 0.0446. The Hall–Kier alpha value is -1.55. The highest BCUT2D eigenvalue weighted by molar-refractivity contribution is 5.94. The molecule has 1 aromatic rings. The zero-order valence-electron chi connectivity index (χ0n) is 11.8. The van der Waals surface area contributed by atoms with Gasteiger partial charge in [0, 0.05) is 18.2 Å². The van der Waals surface area contributed by atoms with Crippen molar-refractivity contribution in [1.82, 2.24) is 5.32 Å². The summed E-state index contributed by atoms with van der Waals surface area (Å²) in [6.45, 7) is 5.10. The van der Waals surface area contributed by atoms with Crippen molar-refractivity contribution in [2.75, 3.05) is 13.2 Å². The molecule has 0 bridgehead atoms. The predicted octanol–water partition coefficient (Wildman–Crippen LogP) is 2.33. The third-order valence-corrected chi connectivity index (χ3v) is 2.93. The average Bonchev–Trinajstić information content (AvgIpc) is 2.44. The van der Waals surface area contributed by atoms with Crippen LogP contribution in [-0.2, 0) is 0 Å². The number of hydrogen-bond donors (Lipinski definition) is 2. The van der Waals surface area contributed by atoms with E-state index in [0.29, 0.717) is 24.5 Å². The first-order chi connectivity index (χ1) is 9.21. The van der Waals surface area contributed by atoms with Crippen molar-refractivity contribution in [1.29, 1.82) is 0 Å². The first-order valence-electron chi connectivity index (χ1n) is 6.95. The quantitative estimate of drug-likeness (QED) is 0.757. The summed E-state index contributed by atoms with van der Waals surface area (Å²) < 4.78 is 5.39. The fourth-order valence-corrected chi connectivity index (χ4v) is 1.86. The lowest BCUT2D eigenvalue weighted by Gasteiger charge is -2.16. The van der Waals surface area contributed by atoms with Crippen LogP contribution in [0.2, 0.25) is 0 Å². The Kier molecular flexibility index (Phi) is 6.97. The number of unbranched alkanes of at least 4 members (excludes halogenated alkanes) is 1. The Labute approximate surface area is 115 Å². The van der Waals surface area contributed by atoms with Gasteiger partial charge in [0.15, 0.2) is 0 Å². The van der Waals surface area contributed by atoms with Crippen LogP contribution in [0.25, 0.3) is 0 Å². The van der Waals surface area contributed by atoms with Crippen molar-refractivity contribution < 1.29 is 9.53 Å². The lowest BCUT2D eigenvalue weighted by Crippen LogP contribution is -2.40. The van der Waals surface area contributed by atoms with Crippen LogP contribution >= 0.6 is 0 Å². The number of rotatable bonds is 8. The predicted molar refractivity (Wildman–Crippen MR) is 77.4 cm³/mol. The van der Waals surface area contributed by atoms with E-state index in [0.717, 1.165) is 19.3 Å². The second-order valence-corrected chi connectivity index (χ2v) is 4.51. The minimum atomic E-state index is -0.0897. The summed E-state index contributed by atoms with van der Waals surface area (Å²) in [4.78, 5) is 12.1. The molecule has 0 heterocycles. The van der Waals surface area contributed by atoms with E-state index in [9.17, 15) is 4.79 Å². The molecule has 19 heavy (non-hydrogen) atoms. The Morgan fingerprint density at radius 1 is 1.42 bits per heavy atom. The molecule has 0 aromatic heterocycles. The number of benzene rings is 1. The third-order valence-electron chi connectivity index (χ3n) is 2.93. The van der Waals surface area contributed by atoms with Gasteiger partial charge >= 0.3 is 0 Å². The standard InChI is InChI=1S/C15H24N2O2/c1-3-5-8-13(11-16)17-15(18)12-7-6-9-14(10-12)19-4-2/h6-7,9-10,13H,3-5,8,11,16H2,1-2H3,(H,17,18). The molecule has 0 aliphatic heterocycles. The smallest absolute Gasteiger partial charge is 0.251 e. The topological polar surface area (TPSA) is 64.3 Å². The molecule has 1 aromatic carbocycles. The molecule has 0 fully saturated rings. The summed E-state index contributed by atoms with van der Waals surface area (Å²) in [5.41, 5.74) is 6.29. The molecule has 1 unspecified atom stereocenters. The van der Waals surface area contributed by atoms with Gasteiger partial charge in [-0.1, -0.05) is 25.8 Å². The van der Waals surface area contributed by atoms with Gasteiger partial charge in [0.05, 0.1) is 6.61 Å². The van der Waals surface area contributed by atoms with E-state index in [-0.39, 0.29) is 11.9 Å². The van der Waals surface area contributed by atoms with Crippen LogP contribution in [0.4, 0.5) is 0 Å². The fourth-order valence-electron chi connectivity index (χ4n) is 1.86. The maximum Gasteiger partial charge on any atom is 0.251 e. The molecule has 0 saturated carbocycles. The Bertz CT molecular complexity index is 393. The van der Waals surface area contributed by atoms with E-state index in [4.69, 9.17) is 10.5 Å². The van der Waals surface area contributed by atoms with Crippen molar-refractivity contribution in [3.05, 3.63) is 29.8 Å². The van der Waals surface area contributed by atoms with Crippen LogP contribution in [0.1, 0.15) is 43.5 Å². The molecule has 0 saturated heterocycles. The Morgan fingerprint density at radius 2 is 2.21 bits per heavy atom. The second kappa shape index (κ2) is 8.53. The maximum atomic E-state index is 12.1. The lowest BCUT2D eigenvalue weighted by atomic mass is 10.1. The van der Waals surface area contributed by atoms with Crippen molar-refractivity contribution in [3.8, 4) is 5.75 Å². The highest BCUT2D eigenvalue weighted by atomic mass is 16.5. The molecule has 3 N–H and O–H groups in total. The summed E-state index contributed by atoms with van der Waals surface area (Å²) >= 11 is 0. The number of carbonyl (C=O) groups excluding carboxylic acids is 1. The van der Waals surface area contributed by atoms with Gasteiger partial charge in [0.1, 0.15) is 5.75 Å². The number of ether oxygens (including phenoxy) is 1. The summed E-state index contributed by atoms with van der Waals surface area (Å²) in [7, 11) is 0. The maximum absolute atomic E-state index is 12.1. The van der Waals surface area contributed by atoms with E-state index in [2.05, 4.69) is 12.2 Å². The highest BCUT2D eigenvalue weighted by Gasteiger charge is 2.12. The summed E-state index contributed by atoms with van der Waals surface area (Å²) in [6.07, 6.45) is 3.09. The molecule has 4 nitrogen and oxygen atoms in total.